The summed E-state index contributed by atoms with van der Waals surface area (Å²) >= 11 is 0. The van der Waals surface area contributed by atoms with Crippen molar-refractivity contribution in [3.8, 4) is 5.75 Å². The Balaban J connectivity index is 2.01. The number of hydrogen-bond acceptors (Lipinski definition) is 12. The number of nitrogens with two attached hydrogens (primary N) is 1. The quantitative estimate of drug-likeness (QED) is 0.0885. The largest absolute Gasteiger partial charge is 0.462 e. The summed E-state index contributed by atoms with van der Waals surface area (Å²) < 4.78 is 10.8. The van der Waals surface area contributed by atoms with Gasteiger partial charge in [0.2, 0.25) is 41.7 Å². The van der Waals surface area contributed by atoms with Crippen LogP contribution in [0.5, 0.6) is 5.75 Å². The molecular formula is C25H36N6O12. The third kappa shape index (κ3) is 11.8. The summed E-state index contributed by atoms with van der Waals surface area (Å²) in [6.45, 7) is -1.27. The minimum atomic E-state index is -1.63. The van der Waals surface area contributed by atoms with E-state index in [1.54, 1.807) is 0 Å². The number of nitrogens with one attached hydrogen (secondary N) is 5. The Kier molecular flexibility index (Phi) is 13.7. The standard InChI is InChI=1S/C25H36N6O12/c1-12(33)27-10-20(37)31-15(24(41)30-9-19(36)29-8-18(35)28-7-17(26)34)6-13-2-4-14(5-3-13)42-25-23(40)22(39)21(38)16(11-32)43-25/h2-5,15-16,21-23,25,32,38-40H,6-11H2,1H3,(H2,26,34)(H,27,33)(H,28,35)(H,29,36)(H,30,41)(H,31,37)/t15-,16+,21+,22-,23+,25+/m0/s1. The second kappa shape index (κ2) is 16.9. The van der Waals surface area contributed by atoms with Crippen LogP contribution in [0.15, 0.2) is 24.3 Å². The van der Waals surface area contributed by atoms with Gasteiger partial charge in [0.25, 0.3) is 0 Å². The van der Waals surface area contributed by atoms with E-state index in [0.717, 1.165) is 0 Å². The van der Waals surface area contributed by atoms with Crippen LogP contribution in [0.25, 0.3) is 0 Å². The zero-order valence-corrected chi connectivity index (χ0v) is 23.1. The van der Waals surface area contributed by atoms with Crippen LogP contribution < -0.4 is 37.1 Å². The molecule has 0 spiro atoms. The van der Waals surface area contributed by atoms with Crippen molar-refractivity contribution in [1.82, 2.24) is 26.6 Å². The fourth-order valence-corrected chi connectivity index (χ4v) is 3.68. The van der Waals surface area contributed by atoms with E-state index in [0.29, 0.717) is 5.56 Å². The molecule has 1 aliphatic rings. The molecule has 1 aliphatic heterocycles. The Morgan fingerprint density at radius 2 is 1.42 bits per heavy atom. The van der Waals surface area contributed by atoms with Gasteiger partial charge in [0.1, 0.15) is 36.2 Å². The highest BCUT2D eigenvalue weighted by Crippen LogP contribution is 2.24. The molecule has 0 bridgehead atoms. The summed E-state index contributed by atoms with van der Waals surface area (Å²) in [5.41, 5.74) is 5.43. The molecule has 238 valence electrons. The first kappa shape index (κ1) is 34.8. The van der Waals surface area contributed by atoms with Gasteiger partial charge in [-0.05, 0) is 17.7 Å². The minimum Gasteiger partial charge on any atom is -0.462 e. The predicted molar refractivity (Wildman–Crippen MR) is 143 cm³/mol. The molecular weight excluding hydrogens is 576 g/mol. The van der Waals surface area contributed by atoms with E-state index in [1.807, 2.05) is 0 Å². The van der Waals surface area contributed by atoms with Crippen LogP contribution in [0, 0.1) is 0 Å². The summed E-state index contributed by atoms with van der Waals surface area (Å²) in [4.78, 5) is 70.6. The summed E-state index contributed by atoms with van der Waals surface area (Å²) in [6.07, 6.45) is -7.44. The first-order valence-corrected chi connectivity index (χ1v) is 13.0. The molecule has 11 N–H and O–H groups in total. The van der Waals surface area contributed by atoms with Crippen LogP contribution in [0.1, 0.15) is 12.5 Å². The van der Waals surface area contributed by atoms with Crippen molar-refractivity contribution in [2.45, 2.75) is 50.1 Å². The molecule has 2 rings (SSSR count). The molecule has 1 fully saturated rings. The van der Waals surface area contributed by atoms with Gasteiger partial charge in [-0.3, -0.25) is 28.8 Å². The van der Waals surface area contributed by atoms with Gasteiger partial charge in [-0.2, -0.15) is 0 Å². The summed E-state index contributed by atoms with van der Waals surface area (Å²) in [5.74, 6) is -3.93. The fraction of sp³-hybridized carbons (Fsp3) is 0.520. The van der Waals surface area contributed by atoms with Crippen molar-refractivity contribution < 1.29 is 58.7 Å². The molecule has 18 heteroatoms. The average molecular weight is 613 g/mol. The normalized spacial score (nSPS) is 21.9. The molecule has 0 saturated carbocycles. The highest BCUT2D eigenvalue weighted by molar-refractivity contribution is 5.93. The topological polar surface area (TPSA) is 288 Å². The van der Waals surface area contributed by atoms with E-state index in [4.69, 9.17) is 15.2 Å². The van der Waals surface area contributed by atoms with E-state index in [9.17, 15) is 49.2 Å². The fourth-order valence-electron chi connectivity index (χ4n) is 3.68. The van der Waals surface area contributed by atoms with Gasteiger partial charge in [-0.25, -0.2) is 0 Å². The number of carbonyl (C=O) groups is 6. The van der Waals surface area contributed by atoms with Crippen LogP contribution in [0.3, 0.4) is 0 Å². The average Bonchev–Trinajstić information content (AvgIpc) is 2.97. The number of benzene rings is 1. The van der Waals surface area contributed by atoms with Gasteiger partial charge in [-0.15, -0.1) is 0 Å². The van der Waals surface area contributed by atoms with Crippen molar-refractivity contribution in [2.75, 3.05) is 32.8 Å². The zero-order chi connectivity index (χ0) is 32.1. The first-order valence-electron chi connectivity index (χ1n) is 13.0. The number of aliphatic hydroxyl groups excluding tert-OH is 4. The molecule has 6 atom stereocenters. The van der Waals surface area contributed by atoms with Gasteiger partial charge in [0.15, 0.2) is 0 Å². The molecule has 0 aliphatic carbocycles. The number of hydrogen-bond donors (Lipinski definition) is 10. The SMILES string of the molecule is CC(=O)NCC(=O)N[C@@H](Cc1ccc(O[C@@H]2O[C@H](CO)[C@@H](O)[C@H](O)[C@H]2O)cc1)C(=O)NCC(=O)NCC(=O)NCC(N)=O. The van der Waals surface area contributed by atoms with Crippen molar-refractivity contribution in [3.05, 3.63) is 29.8 Å². The van der Waals surface area contributed by atoms with Crippen molar-refractivity contribution in [2.24, 2.45) is 5.73 Å². The number of rotatable bonds is 15. The van der Waals surface area contributed by atoms with Crippen LogP contribution in [0.4, 0.5) is 0 Å². The lowest BCUT2D eigenvalue weighted by molar-refractivity contribution is -0.277. The number of primary amides is 1. The van der Waals surface area contributed by atoms with Crippen LogP contribution in [-0.4, -0.2) is 125 Å². The predicted octanol–water partition coefficient (Wildman–Crippen LogP) is -6.14. The van der Waals surface area contributed by atoms with Crippen LogP contribution in [0.2, 0.25) is 0 Å². The Morgan fingerprint density at radius 3 is 2.00 bits per heavy atom. The second-order valence-corrected chi connectivity index (χ2v) is 9.43. The van der Waals surface area contributed by atoms with E-state index < -0.39 is 105 Å². The highest BCUT2D eigenvalue weighted by atomic mass is 16.7. The van der Waals surface area contributed by atoms with Gasteiger partial charge < -0.3 is 62.2 Å². The minimum absolute atomic E-state index is 0.0743. The van der Waals surface area contributed by atoms with Gasteiger partial charge in [-0.1, -0.05) is 12.1 Å². The van der Waals surface area contributed by atoms with Crippen LogP contribution in [-0.2, 0) is 39.9 Å². The second-order valence-electron chi connectivity index (χ2n) is 9.43. The zero-order valence-electron chi connectivity index (χ0n) is 23.1. The third-order valence-electron chi connectivity index (χ3n) is 5.94. The molecule has 6 amide bonds. The summed E-state index contributed by atoms with van der Waals surface area (Å²) in [6, 6.07) is 4.74. The number of carbonyl (C=O) groups excluding carboxylic acids is 6. The number of ether oxygens (including phenoxy) is 2. The first-order chi connectivity index (χ1) is 20.3. The monoisotopic (exact) mass is 612 g/mol. The Labute approximate surface area is 245 Å². The van der Waals surface area contributed by atoms with Crippen molar-refractivity contribution in [1.29, 1.82) is 0 Å². The Bertz CT molecular complexity index is 1150. The van der Waals surface area contributed by atoms with E-state index >= 15 is 0 Å². The molecule has 1 heterocycles. The molecule has 0 aromatic heterocycles. The molecule has 1 aromatic carbocycles. The maximum atomic E-state index is 12.9. The van der Waals surface area contributed by atoms with E-state index in [1.165, 1.54) is 31.2 Å². The van der Waals surface area contributed by atoms with Gasteiger partial charge in [0.05, 0.1) is 32.8 Å². The molecule has 1 aromatic rings. The molecule has 0 unspecified atom stereocenters. The van der Waals surface area contributed by atoms with Gasteiger partial charge in [0, 0.05) is 13.3 Å². The number of aliphatic hydroxyl groups is 4. The Morgan fingerprint density at radius 1 is 0.837 bits per heavy atom. The lowest BCUT2D eigenvalue weighted by Gasteiger charge is -2.39. The lowest BCUT2D eigenvalue weighted by atomic mass is 9.99. The highest BCUT2D eigenvalue weighted by Gasteiger charge is 2.44. The maximum absolute atomic E-state index is 12.9. The van der Waals surface area contributed by atoms with Crippen molar-refractivity contribution in [3.63, 3.8) is 0 Å². The van der Waals surface area contributed by atoms with Crippen molar-refractivity contribution >= 4 is 35.4 Å². The molecule has 0 radical (unpaired) electrons. The number of amides is 6. The maximum Gasteiger partial charge on any atom is 0.243 e. The lowest BCUT2D eigenvalue weighted by Crippen LogP contribution is -2.60. The summed E-state index contributed by atoms with van der Waals surface area (Å²) in [5, 5.41) is 50.8. The van der Waals surface area contributed by atoms with Crippen LogP contribution >= 0.6 is 0 Å². The smallest absolute Gasteiger partial charge is 0.243 e. The van der Waals surface area contributed by atoms with Gasteiger partial charge >= 0.3 is 0 Å². The third-order valence-corrected chi connectivity index (χ3v) is 5.94. The van der Waals surface area contributed by atoms with E-state index in [2.05, 4.69) is 26.6 Å². The van der Waals surface area contributed by atoms with E-state index in [-0.39, 0.29) is 12.2 Å². The molecule has 18 nitrogen and oxygen atoms in total. The summed E-state index contributed by atoms with van der Waals surface area (Å²) in [7, 11) is 0. The Hall–Kier alpha value is -4.36. The molecule has 43 heavy (non-hydrogen) atoms. The molecule has 1 saturated heterocycles.